The van der Waals surface area contributed by atoms with Gasteiger partial charge in [0.05, 0.1) is 18.5 Å². The molecular weight excluding hydrogens is 311 g/mol. The van der Waals surface area contributed by atoms with E-state index in [-0.39, 0.29) is 11.2 Å². The van der Waals surface area contributed by atoms with Crippen LogP contribution in [0, 0.1) is 5.82 Å². The predicted octanol–water partition coefficient (Wildman–Crippen LogP) is 4.94. The highest BCUT2D eigenvalue weighted by Crippen LogP contribution is 2.31. The molecule has 122 valence electrons. The molecule has 0 aliphatic rings. The summed E-state index contributed by atoms with van der Waals surface area (Å²) in [7, 11) is 1.60. The summed E-state index contributed by atoms with van der Waals surface area (Å²) in [6.45, 7) is 6.40. The Morgan fingerprint density at radius 1 is 1.04 bits per heavy atom. The van der Waals surface area contributed by atoms with Crippen LogP contribution >= 0.6 is 12.2 Å². The Morgan fingerprint density at radius 2 is 1.70 bits per heavy atom. The fraction of sp³-hybridized carbons (Fsp3) is 0.278. The number of benzene rings is 2. The quantitative estimate of drug-likeness (QED) is 0.780. The molecule has 2 N–H and O–H groups in total. The second-order valence-electron chi connectivity index (χ2n) is 6.22. The summed E-state index contributed by atoms with van der Waals surface area (Å²) in [5.74, 6) is 0.322. The molecule has 3 nitrogen and oxygen atoms in total. The lowest BCUT2D eigenvalue weighted by Crippen LogP contribution is -2.21. The molecule has 23 heavy (non-hydrogen) atoms. The van der Waals surface area contributed by atoms with Crippen LogP contribution in [0.2, 0.25) is 0 Å². The number of ether oxygens (including phenoxy) is 1. The second kappa shape index (κ2) is 6.96. The number of rotatable bonds is 3. The van der Waals surface area contributed by atoms with Crippen molar-refractivity contribution in [3.8, 4) is 5.75 Å². The third-order valence-electron chi connectivity index (χ3n) is 3.44. The fourth-order valence-electron chi connectivity index (χ4n) is 2.11. The number of thiocarbonyl (C=S) groups is 1. The molecule has 0 bridgehead atoms. The Bertz CT molecular complexity index is 710. The van der Waals surface area contributed by atoms with Gasteiger partial charge in [-0.3, -0.25) is 0 Å². The smallest absolute Gasteiger partial charge is 0.175 e. The zero-order valence-electron chi connectivity index (χ0n) is 13.7. The van der Waals surface area contributed by atoms with Crippen LogP contribution in [0.25, 0.3) is 0 Å². The van der Waals surface area contributed by atoms with Crippen molar-refractivity contribution in [1.82, 2.24) is 0 Å². The molecule has 0 amide bonds. The van der Waals surface area contributed by atoms with Gasteiger partial charge < -0.3 is 15.4 Å². The highest BCUT2D eigenvalue weighted by molar-refractivity contribution is 7.80. The molecule has 0 aliphatic carbocycles. The first-order valence-corrected chi connectivity index (χ1v) is 7.73. The molecule has 0 aliphatic heterocycles. The first-order chi connectivity index (χ1) is 10.8. The van der Waals surface area contributed by atoms with E-state index in [1.54, 1.807) is 25.3 Å². The molecule has 2 aromatic rings. The van der Waals surface area contributed by atoms with Crippen LogP contribution < -0.4 is 15.4 Å². The lowest BCUT2D eigenvalue weighted by atomic mass is 9.87. The van der Waals surface area contributed by atoms with E-state index in [0.717, 1.165) is 11.3 Å². The summed E-state index contributed by atoms with van der Waals surface area (Å²) >= 11 is 5.28. The normalized spacial score (nSPS) is 11.0. The molecule has 0 saturated heterocycles. The molecule has 0 aromatic heterocycles. The van der Waals surface area contributed by atoms with Crippen LogP contribution in [-0.2, 0) is 5.41 Å². The molecule has 0 radical (unpaired) electrons. The van der Waals surface area contributed by atoms with Crippen LogP contribution in [0.15, 0.2) is 42.5 Å². The predicted molar refractivity (Wildman–Crippen MR) is 97.9 cm³/mol. The first kappa shape index (κ1) is 17.2. The minimum atomic E-state index is -0.355. The standard InChI is InChI=1S/C18H21FN2OS/c1-18(2,3)12-9-10-16(22-4)15(11-12)21-17(23)20-14-8-6-5-7-13(14)19/h5-11H,1-4H3,(H2,20,21,23). The van der Waals surface area contributed by atoms with Crippen LogP contribution in [0.1, 0.15) is 26.3 Å². The second-order valence-corrected chi connectivity index (χ2v) is 6.63. The Hall–Kier alpha value is -2.14. The Morgan fingerprint density at radius 3 is 2.30 bits per heavy atom. The summed E-state index contributed by atoms with van der Waals surface area (Å²) in [6, 6.07) is 12.3. The molecule has 0 atom stereocenters. The molecule has 2 aromatic carbocycles. The van der Waals surface area contributed by atoms with Crippen molar-refractivity contribution >= 4 is 28.7 Å². The summed E-state index contributed by atoms with van der Waals surface area (Å²) < 4.78 is 19.0. The van der Waals surface area contributed by atoms with E-state index in [1.165, 1.54) is 6.07 Å². The van der Waals surface area contributed by atoms with Gasteiger partial charge in [-0.25, -0.2) is 4.39 Å². The van der Waals surface area contributed by atoms with Crippen molar-refractivity contribution in [2.75, 3.05) is 17.7 Å². The van der Waals surface area contributed by atoms with Crippen molar-refractivity contribution < 1.29 is 9.13 Å². The maximum atomic E-state index is 13.7. The number of para-hydroxylation sites is 1. The monoisotopic (exact) mass is 332 g/mol. The molecule has 5 heteroatoms. The van der Waals surface area contributed by atoms with Crippen LogP contribution in [-0.4, -0.2) is 12.2 Å². The number of anilines is 2. The number of hydrogen-bond donors (Lipinski definition) is 2. The summed E-state index contributed by atoms with van der Waals surface area (Å²) in [5, 5.41) is 6.24. The van der Waals surface area contributed by atoms with E-state index in [1.807, 2.05) is 18.2 Å². The minimum Gasteiger partial charge on any atom is -0.495 e. The topological polar surface area (TPSA) is 33.3 Å². The highest BCUT2D eigenvalue weighted by atomic mass is 32.1. The van der Waals surface area contributed by atoms with E-state index >= 15 is 0 Å². The van der Waals surface area contributed by atoms with E-state index in [0.29, 0.717) is 16.5 Å². The van der Waals surface area contributed by atoms with E-state index in [2.05, 4.69) is 31.4 Å². The Kier molecular flexibility index (Phi) is 5.21. The van der Waals surface area contributed by atoms with Crippen LogP contribution in [0.5, 0.6) is 5.75 Å². The van der Waals surface area contributed by atoms with Gasteiger partial charge in [-0.15, -0.1) is 0 Å². The zero-order chi connectivity index (χ0) is 17.0. The van der Waals surface area contributed by atoms with Crippen LogP contribution in [0.4, 0.5) is 15.8 Å². The van der Waals surface area contributed by atoms with Gasteiger partial charge in [-0.05, 0) is 47.5 Å². The third-order valence-corrected chi connectivity index (χ3v) is 3.64. The molecule has 0 unspecified atom stereocenters. The lowest BCUT2D eigenvalue weighted by Gasteiger charge is -2.22. The zero-order valence-corrected chi connectivity index (χ0v) is 14.6. The van der Waals surface area contributed by atoms with Gasteiger partial charge >= 0.3 is 0 Å². The highest BCUT2D eigenvalue weighted by Gasteiger charge is 2.16. The third kappa shape index (κ3) is 4.42. The van der Waals surface area contributed by atoms with E-state index < -0.39 is 0 Å². The minimum absolute atomic E-state index is 0.00326. The molecule has 0 fully saturated rings. The molecule has 0 heterocycles. The molecule has 0 spiro atoms. The maximum absolute atomic E-state index is 13.7. The lowest BCUT2D eigenvalue weighted by molar-refractivity contribution is 0.416. The Labute approximate surface area is 141 Å². The van der Waals surface area contributed by atoms with Crippen molar-refractivity contribution in [3.05, 3.63) is 53.8 Å². The maximum Gasteiger partial charge on any atom is 0.175 e. The summed E-state index contributed by atoms with van der Waals surface area (Å²) in [6.07, 6.45) is 0. The van der Waals surface area contributed by atoms with Gasteiger partial charge in [0.15, 0.2) is 5.11 Å². The molecule has 0 saturated carbocycles. The molecular formula is C18H21FN2OS. The number of nitrogens with one attached hydrogen (secondary N) is 2. The van der Waals surface area contributed by atoms with Gasteiger partial charge in [0.1, 0.15) is 11.6 Å². The van der Waals surface area contributed by atoms with Crippen molar-refractivity contribution in [1.29, 1.82) is 0 Å². The average molecular weight is 332 g/mol. The van der Waals surface area contributed by atoms with Crippen molar-refractivity contribution in [3.63, 3.8) is 0 Å². The fourth-order valence-corrected chi connectivity index (χ4v) is 2.33. The number of methoxy groups -OCH3 is 1. The van der Waals surface area contributed by atoms with Crippen molar-refractivity contribution in [2.45, 2.75) is 26.2 Å². The first-order valence-electron chi connectivity index (χ1n) is 7.32. The number of halogens is 1. The SMILES string of the molecule is COc1ccc(C(C)(C)C)cc1NC(=S)Nc1ccccc1F. The summed E-state index contributed by atoms with van der Waals surface area (Å²) in [4.78, 5) is 0. The number of hydrogen-bond acceptors (Lipinski definition) is 2. The average Bonchev–Trinajstić information content (AvgIpc) is 2.48. The van der Waals surface area contributed by atoms with Crippen molar-refractivity contribution in [2.24, 2.45) is 0 Å². The Balaban J connectivity index is 2.21. The van der Waals surface area contributed by atoms with Gasteiger partial charge in [0, 0.05) is 0 Å². The van der Waals surface area contributed by atoms with Gasteiger partial charge in [-0.1, -0.05) is 39.0 Å². The van der Waals surface area contributed by atoms with E-state index in [9.17, 15) is 4.39 Å². The summed E-state index contributed by atoms with van der Waals surface area (Å²) in [5.41, 5.74) is 2.22. The largest absolute Gasteiger partial charge is 0.495 e. The van der Waals surface area contributed by atoms with E-state index in [4.69, 9.17) is 17.0 Å². The molecule has 2 rings (SSSR count). The van der Waals surface area contributed by atoms with Gasteiger partial charge in [0.25, 0.3) is 0 Å². The van der Waals surface area contributed by atoms with Crippen LogP contribution in [0.3, 0.4) is 0 Å². The van der Waals surface area contributed by atoms with Gasteiger partial charge in [0.2, 0.25) is 0 Å². The van der Waals surface area contributed by atoms with Gasteiger partial charge in [-0.2, -0.15) is 0 Å².